The summed E-state index contributed by atoms with van der Waals surface area (Å²) in [6, 6.07) is 0. The summed E-state index contributed by atoms with van der Waals surface area (Å²) in [6.45, 7) is 5.41. The van der Waals surface area contributed by atoms with E-state index < -0.39 is 0 Å². The van der Waals surface area contributed by atoms with E-state index in [4.69, 9.17) is 4.74 Å². The summed E-state index contributed by atoms with van der Waals surface area (Å²) in [5, 5.41) is 1.08. The second kappa shape index (κ2) is 8.02. The number of halogens is 1. The van der Waals surface area contributed by atoms with Crippen LogP contribution in [0, 0.1) is 5.92 Å². The van der Waals surface area contributed by atoms with Gasteiger partial charge in [0.1, 0.15) is 0 Å². The van der Waals surface area contributed by atoms with Crippen molar-refractivity contribution < 1.29 is 4.74 Å². The van der Waals surface area contributed by atoms with Crippen molar-refractivity contribution in [2.45, 2.75) is 13.3 Å². The van der Waals surface area contributed by atoms with Gasteiger partial charge in [0.25, 0.3) is 0 Å². The van der Waals surface area contributed by atoms with Gasteiger partial charge in [-0.05, 0) is 19.4 Å². The topological polar surface area (TPSA) is 12.5 Å². The van der Waals surface area contributed by atoms with Crippen LogP contribution in [0.1, 0.15) is 13.3 Å². The predicted octanol–water partition coefficient (Wildman–Crippen LogP) is 1.99. The first-order valence-corrected chi connectivity index (χ1v) is 5.56. The van der Waals surface area contributed by atoms with Gasteiger partial charge in [-0.15, -0.1) is 0 Å². The van der Waals surface area contributed by atoms with Crippen molar-refractivity contribution in [2.75, 3.05) is 39.2 Å². The zero-order chi connectivity index (χ0) is 9.40. The summed E-state index contributed by atoms with van der Waals surface area (Å²) >= 11 is 3.47. The number of hydrogen-bond donors (Lipinski definition) is 0. The Morgan fingerprint density at radius 2 is 2.17 bits per heavy atom. The molecule has 0 aliphatic rings. The van der Waals surface area contributed by atoms with Crippen LogP contribution in [0.5, 0.6) is 0 Å². The maximum absolute atomic E-state index is 4.99. The fraction of sp³-hybridized carbons (Fsp3) is 1.00. The molecule has 1 atom stereocenters. The molecule has 0 saturated carbocycles. The number of nitrogens with zero attached hydrogens (tertiary/aromatic N) is 1. The lowest BCUT2D eigenvalue weighted by Gasteiger charge is -2.19. The minimum absolute atomic E-state index is 0.734. The van der Waals surface area contributed by atoms with Crippen molar-refractivity contribution in [2.24, 2.45) is 5.92 Å². The van der Waals surface area contributed by atoms with E-state index in [1.807, 2.05) is 0 Å². The number of ether oxygens (including phenoxy) is 1. The first-order chi connectivity index (χ1) is 5.70. The van der Waals surface area contributed by atoms with Gasteiger partial charge in [0, 0.05) is 32.1 Å². The smallest absolute Gasteiger partial charge is 0.0474 e. The lowest BCUT2D eigenvalue weighted by Crippen LogP contribution is -2.26. The van der Waals surface area contributed by atoms with Crippen LogP contribution in [0.2, 0.25) is 0 Å². The largest absolute Gasteiger partial charge is 0.385 e. The average molecular weight is 238 g/mol. The second-order valence-corrected chi connectivity index (χ2v) is 4.02. The van der Waals surface area contributed by atoms with Crippen LogP contribution in [0.3, 0.4) is 0 Å². The highest BCUT2D eigenvalue weighted by molar-refractivity contribution is 9.09. The standard InChI is InChI=1S/C9H20BrNO/c1-9(7-10)8-11(2)5-4-6-12-3/h9H,4-8H2,1-3H3. The van der Waals surface area contributed by atoms with Crippen LogP contribution in [0.4, 0.5) is 0 Å². The fourth-order valence-corrected chi connectivity index (χ4v) is 1.36. The van der Waals surface area contributed by atoms with Gasteiger partial charge >= 0.3 is 0 Å². The summed E-state index contributed by atoms with van der Waals surface area (Å²) in [4.78, 5) is 2.35. The molecule has 0 saturated heterocycles. The SMILES string of the molecule is COCCCN(C)CC(C)CBr. The highest BCUT2D eigenvalue weighted by atomic mass is 79.9. The highest BCUT2D eigenvalue weighted by Crippen LogP contribution is 2.02. The molecule has 0 rings (SSSR count). The summed E-state index contributed by atoms with van der Waals surface area (Å²) in [6.07, 6.45) is 1.13. The number of methoxy groups -OCH3 is 1. The van der Waals surface area contributed by atoms with Crippen molar-refractivity contribution in [3.63, 3.8) is 0 Å². The molecule has 0 fully saturated rings. The van der Waals surface area contributed by atoms with Crippen LogP contribution < -0.4 is 0 Å². The quantitative estimate of drug-likeness (QED) is 0.496. The van der Waals surface area contributed by atoms with Crippen molar-refractivity contribution in [1.29, 1.82) is 0 Å². The molecule has 0 spiro atoms. The molecule has 2 nitrogen and oxygen atoms in total. The Labute approximate surface area is 84.4 Å². The zero-order valence-corrected chi connectivity index (χ0v) is 9.93. The van der Waals surface area contributed by atoms with Gasteiger partial charge in [-0.2, -0.15) is 0 Å². The minimum atomic E-state index is 0.734. The van der Waals surface area contributed by atoms with E-state index >= 15 is 0 Å². The molecular formula is C9H20BrNO. The third-order valence-electron chi connectivity index (χ3n) is 1.78. The van der Waals surface area contributed by atoms with E-state index in [1.54, 1.807) is 7.11 Å². The van der Waals surface area contributed by atoms with Crippen molar-refractivity contribution in [3.05, 3.63) is 0 Å². The van der Waals surface area contributed by atoms with E-state index in [0.29, 0.717) is 0 Å². The van der Waals surface area contributed by atoms with Crippen LogP contribution in [-0.4, -0.2) is 44.1 Å². The van der Waals surface area contributed by atoms with E-state index in [0.717, 1.165) is 37.4 Å². The zero-order valence-electron chi connectivity index (χ0n) is 8.35. The van der Waals surface area contributed by atoms with Crippen molar-refractivity contribution in [3.8, 4) is 0 Å². The van der Waals surface area contributed by atoms with Gasteiger partial charge in [0.15, 0.2) is 0 Å². The Kier molecular flexibility index (Phi) is 8.29. The molecule has 0 heterocycles. The third-order valence-corrected chi connectivity index (χ3v) is 2.88. The first-order valence-electron chi connectivity index (χ1n) is 4.44. The average Bonchev–Trinajstić information content (AvgIpc) is 2.05. The summed E-state index contributed by atoms with van der Waals surface area (Å²) < 4.78 is 4.99. The molecule has 0 aromatic carbocycles. The molecular weight excluding hydrogens is 218 g/mol. The van der Waals surface area contributed by atoms with E-state index in [-0.39, 0.29) is 0 Å². The minimum Gasteiger partial charge on any atom is -0.385 e. The van der Waals surface area contributed by atoms with Gasteiger partial charge in [0.2, 0.25) is 0 Å². The van der Waals surface area contributed by atoms with Crippen molar-refractivity contribution in [1.82, 2.24) is 4.90 Å². The maximum atomic E-state index is 4.99. The van der Waals surface area contributed by atoms with Gasteiger partial charge in [-0.1, -0.05) is 22.9 Å². The summed E-state index contributed by atoms with van der Waals surface area (Å²) in [5.74, 6) is 0.734. The molecule has 12 heavy (non-hydrogen) atoms. The molecule has 0 aromatic rings. The van der Waals surface area contributed by atoms with E-state index in [2.05, 4.69) is 34.8 Å². The number of alkyl halides is 1. The molecule has 0 aromatic heterocycles. The third kappa shape index (κ3) is 7.07. The van der Waals surface area contributed by atoms with Crippen LogP contribution in [0.25, 0.3) is 0 Å². The van der Waals surface area contributed by atoms with Crippen LogP contribution >= 0.6 is 15.9 Å². The molecule has 0 N–H and O–H groups in total. The Morgan fingerprint density at radius 1 is 1.50 bits per heavy atom. The Morgan fingerprint density at radius 3 is 2.67 bits per heavy atom. The van der Waals surface area contributed by atoms with Gasteiger partial charge < -0.3 is 9.64 Å². The Bertz CT molecular complexity index is 101. The molecule has 0 amide bonds. The molecule has 1 unspecified atom stereocenters. The molecule has 0 aliphatic carbocycles. The Balaban J connectivity index is 3.26. The highest BCUT2D eigenvalue weighted by Gasteiger charge is 2.03. The summed E-state index contributed by atoms with van der Waals surface area (Å²) in [5.41, 5.74) is 0. The molecule has 0 bridgehead atoms. The second-order valence-electron chi connectivity index (χ2n) is 3.37. The molecule has 74 valence electrons. The monoisotopic (exact) mass is 237 g/mol. The van der Waals surface area contributed by atoms with Crippen molar-refractivity contribution >= 4 is 15.9 Å². The number of hydrogen-bond acceptors (Lipinski definition) is 2. The number of rotatable bonds is 7. The van der Waals surface area contributed by atoms with E-state index in [1.165, 1.54) is 0 Å². The van der Waals surface area contributed by atoms with Crippen LogP contribution in [-0.2, 0) is 4.74 Å². The predicted molar refractivity (Wildman–Crippen MR) is 56.9 cm³/mol. The lowest BCUT2D eigenvalue weighted by atomic mass is 10.2. The summed E-state index contributed by atoms with van der Waals surface area (Å²) in [7, 11) is 3.91. The molecule has 0 aliphatic heterocycles. The lowest BCUT2D eigenvalue weighted by molar-refractivity contribution is 0.176. The van der Waals surface area contributed by atoms with Gasteiger partial charge in [-0.3, -0.25) is 0 Å². The first kappa shape index (κ1) is 12.4. The molecule has 0 radical (unpaired) electrons. The fourth-order valence-electron chi connectivity index (χ4n) is 1.15. The normalized spacial score (nSPS) is 13.8. The van der Waals surface area contributed by atoms with Gasteiger partial charge in [-0.25, -0.2) is 0 Å². The van der Waals surface area contributed by atoms with Gasteiger partial charge in [0.05, 0.1) is 0 Å². The maximum Gasteiger partial charge on any atom is 0.0474 e. The van der Waals surface area contributed by atoms with Crippen LogP contribution in [0.15, 0.2) is 0 Å². The Hall–Kier alpha value is 0.400. The van der Waals surface area contributed by atoms with E-state index in [9.17, 15) is 0 Å². The molecule has 3 heteroatoms.